The van der Waals surface area contributed by atoms with Crippen LogP contribution in [0, 0.1) is 11.3 Å². The zero-order valence-corrected chi connectivity index (χ0v) is 13.5. The Morgan fingerprint density at radius 1 is 1.18 bits per heavy atom. The highest BCUT2D eigenvalue weighted by Gasteiger charge is 2.12. The first-order chi connectivity index (χ1) is 10.6. The summed E-state index contributed by atoms with van der Waals surface area (Å²) in [6, 6.07) is 17.4. The van der Waals surface area contributed by atoms with E-state index in [1.807, 2.05) is 62.4 Å². The molecule has 112 valence electrons. The Balaban J connectivity index is 2.09. The van der Waals surface area contributed by atoms with Crippen molar-refractivity contribution in [3.8, 4) is 6.07 Å². The Morgan fingerprint density at radius 2 is 1.86 bits per heavy atom. The number of hydrogen-bond acceptors (Lipinski definition) is 3. The molecule has 0 aliphatic carbocycles. The van der Waals surface area contributed by atoms with E-state index < -0.39 is 0 Å². The van der Waals surface area contributed by atoms with Crippen LogP contribution in [0.25, 0.3) is 0 Å². The molecule has 0 unspecified atom stereocenters. The molecule has 0 radical (unpaired) electrons. The molecule has 4 heteroatoms. The van der Waals surface area contributed by atoms with Gasteiger partial charge in [0.15, 0.2) is 0 Å². The average molecular weight is 310 g/mol. The number of benzene rings is 2. The second-order valence-electron chi connectivity index (χ2n) is 5.22. The summed E-state index contributed by atoms with van der Waals surface area (Å²) in [5, 5.41) is 11.7. The van der Waals surface area contributed by atoms with Crippen LogP contribution >= 0.6 is 11.8 Å². The van der Waals surface area contributed by atoms with Crippen LogP contribution in [0.3, 0.4) is 0 Å². The summed E-state index contributed by atoms with van der Waals surface area (Å²) in [5.41, 5.74) is 2.49. The van der Waals surface area contributed by atoms with Crippen molar-refractivity contribution in [2.75, 3.05) is 0 Å². The molecule has 0 fully saturated rings. The lowest BCUT2D eigenvalue weighted by Gasteiger charge is -2.12. The van der Waals surface area contributed by atoms with Gasteiger partial charge in [-0.2, -0.15) is 5.26 Å². The molecule has 0 aliphatic heterocycles. The van der Waals surface area contributed by atoms with Gasteiger partial charge in [0, 0.05) is 16.7 Å². The van der Waals surface area contributed by atoms with Crippen LogP contribution in [0.4, 0.5) is 0 Å². The van der Waals surface area contributed by atoms with Gasteiger partial charge in [0.05, 0.1) is 17.2 Å². The molecule has 0 aromatic heterocycles. The molecule has 1 amide bonds. The number of nitriles is 1. The molecule has 0 heterocycles. The molecule has 2 aromatic carbocycles. The maximum absolute atomic E-state index is 12.2. The van der Waals surface area contributed by atoms with Crippen molar-refractivity contribution in [2.45, 2.75) is 30.5 Å². The number of thioether (sulfide) groups is 1. The van der Waals surface area contributed by atoms with E-state index >= 15 is 0 Å². The third-order valence-electron chi connectivity index (χ3n) is 3.03. The van der Waals surface area contributed by atoms with E-state index in [1.165, 1.54) is 0 Å². The fraction of sp³-hybridized carbons (Fsp3) is 0.222. The second-order valence-corrected chi connectivity index (χ2v) is 6.24. The quantitative estimate of drug-likeness (QED) is 0.850. The van der Waals surface area contributed by atoms with E-state index in [1.54, 1.807) is 11.8 Å². The zero-order valence-electron chi connectivity index (χ0n) is 12.7. The molecular formula is C18H18N2OS. The highest BCUT2D eigenvalue weighted by molar-refractivity contribution is 7.98. The SMILES string of the molecule is CC(C)NC(=O)c1ccccc1SCc1ccc(C#N)cc1. The predicted molar refractivity (Wildman–Crippen MR) is 89.8 cm³/mol. The standard InChI is InChI=1S/C18H18N2OS/c1-13(2)20-18(21)16-5-3-4-6-17(16)22-12-15-9-7-14(11-19)8-10-15/h3-10,13H,12H2,1-2H3,(H,20,21). The van der Waals surface area contributed by atoms with Gasteiger partial charge in [0.2, 0.25) is 0 Å². The van der Waals surface area contributed by atoms with Gasteiger partial charge in [-0.15, -0.1) is 11.8 Å². The summed E-state index contributed by atoms with van der Waals surface area (Å²) in [4.78, 5) is 13.2. The third kappa shape index (κ3) is 4.37. The van der Waals surface area contributed by atoms with Gasteiger partial charge in [0.1, 0.15) is 0 Å². The largest absolute Gasteiger partial charge is 0.350 e. The first-order valence-corrected chi connectivity index (χ1v) is 8.10. The molecule has 0 spiro atoms. The molecule has 2 rings (SSSR count). The third-order valence-corrected chi connectivity index (χ3v) is 4.17. The van der Waals surface area contributed by atoms with E-state index in [4.69, 9.17) is 5.26 Å². The van der Waals surface area contributed by atoms with E-state index in [2.05, 4.69) is 11.4 Å². The van der Waals surface area contributed by atoms with Crippen LogP contribution in [0.2, 0.25) is 0 Å². The van der Waals surface area contributed by atoms with Crippen molar-refractivity contribution in [1.82, 2.24) is 5.32 Å². The van der Waals surface area contributed by atoms with E-state index in [9.17, 15) is 4.79 Å². The lowest BCUT2D eigenvalue weighted by atomic mass is 10.2. The molecule has 0 aliphatic rings. The fourth-order valence-electron chi connectivity index (χ4n) is 1.96. The Kier molecular flexibility index (Phi) is 5.62. The molecule has 0 atom stereocenters. The molecule has 0 saturated heterocycles. The number of amides is 1. The summed E-state index contributed by atoms with van der Waals surface area (Å²) < 4.78 is 0. The highest BCUT2D eigenvalue weighted by atomic mass is 32.2. The molecule has 1 N–H and O–H groups in total. The summed E-state index contributed by atoms with van der Waals surface area (Å²) in [7, 11) is 0. The van der Waals surface area contributed by atoms with Gasteiger partial charge < -0.3 is 5.32 Å². The summed E-state index contributed by atoms with van der Waals surface area (Å²) >= 11 is 1.63. The summed E-state index contributed by atoms with van der Waals surface area (Å²) in [6.45, 7) is 3.90. The summed E-state index contributed by atoms with van der Waals surface area (Å²) in [6.07, 6.45) is 0. The van der Waals surface area contributed by atoms with Gasteiger partial charge in [-0.1, -0.05) is 24.3 Å². The first kappa shape index (κ1) is 16.1. The number of hydrogen-bond donors (Lipinski definition) is 1. The molecular weight excluding hydrogens is 292 g/mol. The zero-order chi connectivity index (χ0) is 15.9. The lowest BCUT2D eigenvalue weighted by Crippen LogP contribution is -2.30. The van der Waals surface area contributed by atoms with Gasteiger partial charge in [-0.05, 0) is 43.7 Å². The topological polar surface area (TPSA) is 52.9 Å². The molecule has 2 aromatic rings. The van der Waals surface area contributed by atoms with E-state index in [-0.39, 0.29) is 11.9 Å². The van der Waals surface area contributed by atoms with Gasteiger partial charge in [0.25, 0.3) is 5.91 Å². The van der Waals surface area contributed by atoms with Crippen LogP contribution in [-0.4, -0.2) is 11.9 Å². The number of nitrogens with zero attached hydrogens (tertiary/aromatic N) is 1. The Morgan fingerprint density at radius 3 is 2.50 bits per heavy atom. The van der Waals surface area contributed by atoms with E-state index in [0.29, 0.717) is 11.1 Å². The Hall–Kier alpha value is -2.25. The maximum atomic E-state index is 12.2. The van der Waals surface area contributed by atoms with Crippen molar-refractivity contribution in [2.24, 2.45) is 0 Å². The Bertz CT molecular complexity index is 687. The van der Waals surface area contributed by atoms with Crippen LogP contribution in [0.15, 0.2) is 53.4 Å². The van der Waals surface area contributed by atoms with Crippen molar-refractivity contribution < 1.29 is 4.79 Å². The van der Waals surface area contributed by atoms with Crippen LogP contribution in [0.1, 0.15) is 35.3 Å². The van der Waals surface area contributed by atoms with Gasteiger partial charge >= 0.3 is 0 Å². The van der Waals surface area contributed by atoms with Gasteiger partial charge in [-0.25, -0.2) is 0 Å². The van der Waals surface area contributed by atoms with Crippen LogP contribution in [0.5, 0.6) is 0 Å². The normalized spacial score (nSPS) is 10.3. The molecule has 22 heavy (non-hydrogen) atoms. The van der Waals surface area contributed by atoms with Crippen molar-refractivity contribution in [3.05, 3.63) is 65.2 Å². The molecule has 0 saturated carbocycles. The maximum Gasteiger partial charge on any atom is 0.252 e. The Labute approximate surface area is 135 Å². The minimum absolute atomic E-state index is 0.0436. The van der Waals surface area contributed by atoms with E-state index in [0.717, 1.165) is 16.2 Å². The van der Waals surface area contributed by atoms with Crippen molar-refractivity contribution >= 4 is 17.7 Å². The second kappa shape index (κ2) is 7.67. The minimum atomic E-state index is -0.0436. The number of carbonyl (C=O) groups is 1. The molecule has 0 bridgehead atoms. The average Bonchev–Trinajstić information content (AvgIpc) is 2.53. The van der Waals surface area contributed by atoms with Crippen LogP contribution in [-0.2, 0) is 5.75 Å². The smallest absolute Gasteiger partial charge is 0.252 e. The first-order valence-electron chi connectivity index (χ1n) is 7.12. The lowest BCUT2D eigenvalue weighted by molar-refractivity contribution is 0.0940. The number of nitrogens with one attached hydrogen (secondary N) is 1. The monoisotopic (exact) mass is 310 g/mol. The van der Waals surface area contributed by atoms with Crippen LogP contribution < -0.4 is 5.32 Å². The van der Waals surface area contributed by atoms with Gasteiger partial charge in [-0.3, -0.25) is 4.79 Å². The number of carbonyl (C=O) groups excluding carboxylic acids is 1. The fourth-order valence-corrected chi connectivity index (χ4v) is 2.96. The predicted octanol–water partition coefficient (Wildman–Crippen LogP) is 3.99. The highest BCUT2D eigenvalue weighted by Crippen LogP contribution is 2.26. The minimum Gasteiger partial charge on any atom is -0.350 e. The number of rotatable bonds is 5. The van der Waals surface area contributed by atoms with Crippen molar-refractivity contribution in [3.63, 3.8) is 0 Å². The van der Waals surface area contributed by atoms with Crippen molar-refractivity contribution in [1.29, 1.82) is 5.26 Å². The summed E-state index contributed by atoms with van der Waals surface area (Å²) in [5.74, 6) is 0.718. The molecule has 3 nitrogen and oxygen atoms in total.